The Kier molecular flexibility index (Phi) is 4.83. The number of likely N-dealkylation sites (tertiary alicyclic amines) is 1. The van der Waals surface area contributed by atoms with Crippen molar-refractivity contribution in [3.05, 3.63) is 47.9 Å². The van der Waals surface area contributed by atoms with Crippen LogP contribution in [0.2, 0.25) is 0 Å². The van der Waals surface area contributed by atoms with Crippen molar-refractivity contribution in [2.24, 2.45) is 5.92 Å². The number of hydrogen-bond acceptors (Lipinski definition) is 2. The molecule has 1 N–H and O–H groups in total. The minimum atomic E-state index is -0.261. The van der Waals surface area contributed by atoms with E-state index < -0.39 is 0 Å². The molecule has 0 unspecified atom stereocenters. The normalized spacial score (nSPS) is 17.0. The molecule has 128 valence electrons. The van der Waals surface area contributed by atoms with Crippen LogP contribution in [0.15, 0.2) is 36.5 Å². The first-order chi connectivity index (χ1) is 11.5. The first kappa shape index (κ1) is 16.5. The zero-order valence-electron chi connectivity index (χ0n) is 14.1. The van der Waals surface area contributed by atoms with Gasteiger partial charge in [-0.2, -0.15) is 5.10 Å². The molecule has 5 nitrogen and oxygen atoms in total. The van der Waals surface area contributed by atoms with Crippen molar-refractivity contribution in [3.63, 3.8) is 0 Å². The zero-order chi connectivity index (χ0) is 17.1. The van der Waals surface area contributed by atoms with Crippen LogP contribution in [0.25, 0.3) is 0 Å². The average molecular weight is 330 g/mol. The Balaban J connectivity index is 1.63. The number of anilines is 1. The fraction of sp³-hybridized carbons (Fsp3) is 0.444. The van der Waals surface area contributed by atoms with E-state index in [-0.39, 0.29) is 17.9 Å². The summed E-state index contributed by atoms with van der Waals surface area (Å²) >= 11 is 0. The largest absolute Gasteiger partial charge is 0.323 e. The maximum absolute atomic E-state index is 13.1. The van der Waals surface area contributed by atoms with Crippen LogP contribution in [-0.4, -0.2) is 27.3 Å². The molecule has 1 saturated heterocycles. The summed E-state index contributed by atoms with van der Waals surface area (Å²) in [7, 11) is 0. The van der Waals surface area contributed by atoms with Gasteiger partial charge in [0.15, 0.2) is 0 Å². The molecule has 0 spiro atoms. The molecule has 1 aliphatic heterocycles. The van der Waals surface area contributed by atoms with Gasteiger partial charge in [0.05, 0.1) is 12.2 Å². The van der Waals surface area contributed by atoms with Gasteiger partial charge in [0.1, 0.15) is 11.6 Å². The highest BCUT2D eigenvalue weighted by Crippen LogP contribution is 2.33. The van der Waals surface area contributed by atoms with E-state index in [1.807, 2.05) is 10.7 Å². The predicted octanol–water partition coefficient (Wildman–Crippen LogP) is 4.05. The Morgan fingerprint density at radius 2 is 2.08 bits per heavy atom. The van der Waals surface area contributed by atoms with E-state index in [1.165, 1.54) is 12.1 Å². The summed E-state index contributed by atoms with van der Waals surface area (Å²) in [5.74, 6) is 1.03. The standard InChI is InChI=1S/C18H23FN4O/c1-13(2)8-12-23-17(7-10-20-23)21-18(24)22-11-9-16(22)14-3-5-15(19)6-4-14/h3-7,10,13,16H,8-9,11-12H2,1-2H3,(H,21,24)/t16-/m1/s1. The number of rotatable bonds is 5. The lowest BCUT2D eigenvalue weighted by atomic mass is 9.95. The highest BCUT2D eigenvalue weighted by Gasteiger charge is 2.33. The summed E-state index contributed by atoms with van der Waals surface area (Å²) < 4.78 is 14.9. The highest BCUT2D eigenvalue weighted by molar-refractivity contribution is 5.89. The number of carbonyl (C=O) groups excluding carboxylic acids is 1. The van der Waals surface area contributed by atoms with Gasteiger partial charge in [-0.15, -0.1) is 0 Å². The van der Waals surface area contributed by atoms with Crippen LogP contribution in [-0.2, 0) is 6.54 Å². The van der Waals surface area contributed by atoms with Crippen molar-refractivity contribution in [2.45, 2.75) is 39.3 Å². The molecule has 1 aromatic heterocycles. The lowest BCUT2D eigenvalue weighted by Crippen LogP contribution is -2.47. The third-order valence-corrected chi connectivity index (χ3v) is 4.41. The van der Waals surface area contributed by atoms with Gasteiger partial charge in [-0.25, -0.2) is 13.9 Å². The number of benzene rings is 1. The molecule has 2 heterocycles. The predicted molar refractivity (Wildman–Crippen MR) is 91.2 cm³/mol. The molecule has 2 amide bonds. The van der Waals surface area contributed by atoms with Crippen LogP contribution in [0.1, 0.15) is 38.3 Å². The van der Waals surface area contributed by atoms with Crippen LogP contribution < -0.4 is 5.32 Å². The SMILES string of the molecule is CC(C)CCn1nccc1NC(=O)N1CC[C@@H]1c1ccc(F)cc1. The van der Waals surface area contributed by atoms with E-state index in [0.29, 0.717) is 18.3 Å². The summed E-state index contributed by atoms with van der Waals surface area (Å²) in [6.07, 6.45) is 3.60. The smallest absolute Gasteiger partial charge is 0.317 e. The van der Waals surface area contributed by atoms with E-state index >= 15 is 0 Å². The topological polar surface area (TPSA) is 50.2 Å². The van der Waals surface area contributed by atoms with Gasteiger partial charge < -0.3 is 4.90 Å². The molecule has 1 fully saturated rings. The Labute approximate surface area is 141 Å². The quantitative estimate of drug-likeness (QED) is 0.899. The van der Waals surface area contributed by atoms with E-state index in [1.54, 1.807) is 23.2 Å². The summed E-state index contributed by atoms with van der Waals surface area (Å²) in [5.41, 5.74) is 0.964. The molecular formula is C18H23FN4O. The Hall–Kier alpha value is -2.37. The fourth-order valence-electron chi connectivity index (χ4n) is 2.84. The first-order valence-electron chi connectivity index (χ1n) is 8.39. The Bertz CT molecular complexity index is 695. The summed E-state index contributed by atoms with van der Waals surface area (Å²) in [4.78, 5) is 14.3. The van der Waals surface area contributed by atoms with Crippen molar-refractivity contribution in [1.29, 1.82) is 0 Å². The second-order valence-electron chi connectivity index (χ2n) is 6.60. The third-order valence-electron chi connectivity index (χ3n) is 4.41. The van der Waals surface area contributed by atoms with Gasteiger partial charge in [0.25, 0.3) is 0 Å². The summed E-state index contributed by atoms with van der Waals surface area (Å²) in [6.45, 7) is 5.81. The van der Waals surface area contributed by atoms with Crippen LogP contribution in [0.4, 0.5) is 15.0 Å². The number of amides is 2. The maximum atomic E-state index is 13.1. The van der Waals surface area contributed by atoms with Crippen molar-refractivity contribution >= 4 is 11.8 Å². The van der Waals surface area contributed by atoms with Crippen molar-refractivity contribution < 1.29 is 9.18 Å². The number of carbonyl (C=O) groups is 1. The lowest BCUT2D eigenvalue weighted by molar-refractivity contribution is 0.126. The van der Waals surface area contributed by atoms with Crippen LogP contribution in [0.3, 0.4) is 0 Å². The molecule has 0 aliphatic carbocycles. The number of urea groups is 1. The van der Waals surface area contributed by atoms with Crippen LogP contribution in [0, 0.1) is 11.7 Å². The van der Waals surface area contributed by atoms with Gasteiger partial charge in [0, 0.05) is 19.2 Å². The first-order valence-corrected chi connectivity index (χ1v) is 8.39. The van der Waals surface area contributed by atoms with E-state index in [0.717, 1.165) is 24.9 Å². The van der Waals surface area contributed by atoms with E-state index in [9.17, 15) is 9.18 Å². The molecule has 3 rings (SSSR count). The summed E-state index contributed by atoms with van der Waals surface area (Å²) in [6, 6.07) is 8.04. The van der Waals surface area contributed by atoms with Crippen molar-refractivity contribution in [2.75, 3.05) is 11.9 Å². The van der Waals surface area contributed by atoms with Gasteiger partial charge >= 0.3 is 6.03 Å². The zero-order valence-corrected chi connectivity index (χ0v) is 14.1. The van der Waals surface area contributed by atoms with Gasteiger partial charge in [-0.3, -0.25) is 5.32 Å². The van der Waals surface area contributed by atoms with Gasteiger partial charge in [-0.1, -0.05) is 26.0 Å². The highest BCUT2D eigenvalue weighted by atomic mass is 19.1. The van der Waals surface area contributed by atoms with E-state index in [4.69, 9.17) is 0 Å². The number of hydrogen-bond donors (Lipinski definition) is 1. The molecule has 6 heteroatoms. The molecule has 0 saturated carbocycles. The average Bonchev–Trinajstić information content (AvgIpc) is 2.93. The van der Waals surface area contributed by atoms with Crippen molar-refractivity contribution in [3.8, 4) is 0 Å². The molecule has 24 heavy (non-hydrogen) atoms. The lowest BCUT2D eigenvalue weighted by Gasteiger charge is -2.41. The number of aryl methyl sites for hydroxylation is 1. The summed E-state index contributed by atoms with van der Waals surface area (Å²) in [5, 5.41) is 7.21. The van der Waals surface area contributed by atoms with Gasteiger partial charge in [-0.05, 0) is 36.5 Å². The number of aromatic nitrogens is 2. The Morgan fingerprint density at radius 1 is 1.33 bits per heavy atom. The molecule has 0 radical (unpaired) electrons. The van der Waals surface area contributed by atoms with E-state index in [2.05, 4.69) is 24.3 Å². The molecule has 2 aromatic rings. The monoisotopic (exact) mass is 330 g/mol. The fourth-order valence-corrected chi connectivity index (χ4v) is 2.84. The van der Waals surface area contributed by atoms with Crippen LogP contribution >= 0.6 is 0 Å². The van der Waals surface area contributed by atoms with Crippen molar-refractivity contribution in [1.82, 2.24) is 14.7 Å². The molecule has 1 atom stereocenters. The number of halogens is 1. The number of nitrogens with zero attached hydrogens (tertiary/aromatic N) is 3. The molecule has 1 aromatic carbocycles. The molecule has 1 aliphatic rings. The van der Waals surface area contributed by atoms with Gasteiger partial charge in [0.2, 0.25) is 0 Å². The molecular weight excluding hydrogens is 307 g/mol. The maximum Gasteiger partial charge on any atom is 0.323 e. The Morgan fingerprint density at radius 3 is 2.71 bits per heavy atom. The second kappa shape index (κ2) is 7.03. The molecule has 0 bridgehead atoms. The minimum Gasteiger partial charge on any atom is -0.317 e. The second-order valence-corrected chi connectivity index (χ2v) is 6.60. The number of nitrogens with one attached hydrogen (secondary N) is 1. The van der Waals surface area contributed by atoms with Crippen LogP contribution in [0.5, 0.6) is 0 Å². The minimum absolute atomic E-state index is 0.0117. The third kappa shape index (κ3) is 3.58.